The lowest BCUT2D eigenvalue weighted by atomic mass is 10.2. The smallest absolute Gasteiger partial charge is 0.287 e. The molecular formula is C20H25N3O5S. The van der Waals surface area contributed by atoms with Gasteiger partial charge in [-0.25, -0.2) is 0 Å². The Morgan fingerprint density at radius 2 is 2.03 bits per heavy atom. The number of likely N-dealkylation sites (N-methyl/N-ethyl adjacent to an activating group) is 1. The number of hydrogen-bond acceptors (Lipinski definition) is 6. The number of hydrogen-bond donors (Lipinski definition) is 2. The van der Waals surface area contributed by atoms with Crippen molar-refractivity contribution in [2.24, 2.45) is 0 Å². The number of rotatable bonds is 10. The number of ether oxygens (including phenoxy) is 1. The van der Waals surface area contributed by atoms with Crippen molar-refractivity contribution in [2.75, 3.05) is 38.0 Å². The summed E-state index contributed by atoms with van der Waals surface area (Å²) in [7, 11) is 3.07. The molecule has 2 N–H and O–H groups in total. The van der Waals surface area contributed by atoms with Gasteiger partial charge in [-0.2, -0.15) is 11.8 Å². The van der Waals surface area contributed by atoms with Gasteiger partial charge < -0.3 is 24.7 Å². The van der Waals surface area contributed by atoms with E-state index in [-0.39, 0.29) is 24.1 Å². The summed E-state index contributed by atoms with van der Waals surface area (Å²) in [4.78, 5) is 38.7. The fraction of sp³-hybridized carbons (Fsp3) is 0.350. The van der Waals surface area contributed by atoms with E-state index < -0.39 is 11.9 Å². The second kappa shape index (κ2) is 11.2. The number of benzene rings is 1. The van der Waals surface area contributed by atoms with Crippen LogP contribution < -0.4 is 15.4 Å². The monoisotopic (exact) mass is 419 g/mol. The van der Waals surface area contributed by atoms with Crippen molar-refractivity contribution < 1.29 is 23.5 Å². The Labute approximate surface area is 174 Å². The minimum atomic E-state index is -0.755. The molecule has 0 fully saturated rings. The molecule has 1 aromatic carbocycles. The average molecular weight is 420 g/mol. The number of furan rings is 1. The van der Waals surface area contributed by atoms with Gasteiger partial charge in [0.15, 0.2) is 5.76 Å². The molecule has 0 spiro atoms. The van der Waals surface area contributed by atoms with Crippen LogP contribution in [0.15, 0.2) is 47.1 Å². The van der Waals surface area contributed by atoms with Crippen molar-refractivity contribution >= 4 is 35.2 Å². The van der Waals surface area contributed by atoms with Crippen molar-refractivity contribution in [1.82, 2.24) is 10.2 Å². The van der Waals surface area contributed by atoms with Gasteiger partial charge in [-0.05, 0) is 42.7 Å². The summed E-state index contributed by atoms with van der Waals surface area (Å²) in [6, 6.07) is 9.31. The average Bonchev–Trinajstić information content (AvgIpc) is 3.25. The van der Waals surface area contributed by atoms with E-state index >= 15 is 0 Å². The number of nitrogens with one attached hydrogen (secondary N) is 2. The van der Waals surface area contributed by atoms with Gasteiger partial charge in [-0.15, -0.1) is 0 Å². The molecule has 0 aliphatic carbocycles. The number of nitrogens with zero attached hydrogens (tertiary/aromatic N) is 1. The third kappa shape index (κ3) is 6.86. The van der Waals surface area contributed by atoms with Crippen LogP contribution >= 0.6 is 11.8 Å². The van der Waals surface area contributed by atoms with E-state index in [1.165, 1.54) is 24.3 Å². The third-order valence-corrected chi connectivity index (χ3v) is 4.71. The van der Waals surface area contributed by atoms with Crippen LogP contribution in [-0.2, 0) is 9.59 Å². The fourth-order valence-corrected chi connectivity index (χ4v) is 3.06. The molecule has 8 nitrogen and oxygen atoms in total. The van der Waals surface area contributed by atoms with Gasteiger partial charge >= 0.3 is 0 Å². The topological polar surface area (TPSA) is 101 Å². The van der Waals surface area contributed by atoms with Gasteiger partial charge in [0.2, 0.25) is 11.8 Å². The van der Waals surface area contributed by atoms with E-state index in [4.69, 9.17) is 9.15 Å². The molecule has 156 valence electrons. The molecule has 0 unspecified atom stereocenters. The molecule has 0 aliphatic rings. The van der Waals surface area contributed by atoms with Crippen LogP contribution in [0.5, 0.6) is 5.75 Å². The van der Waals surface area contributed by atoms with Crippen LogP contribution in [0.3, 0.4) is 0 Å². The molecule has 9 heteroatoms. The first-order valence-electron chi connectivity index (χ1n) is 8.96. The second-order valence-electron chi connectivity index (χ2n) is 6.26. The molecule has 0 saturated heterocycles. The van der Waals surface area contributed by atoms with Crippen molar-refractivity contribution in [3.05, 3.63) is 48.4 Å². The van der Waals surface area contributed by atoms with E-state index in [1.807, 2.05) is 6.26 Å². The van der Waals surface area contributed by atoms with Crippen LogP contribution in [0.2, 0.25) is 0 Å². The lowest BCUT2D eigenvalue weighted by Crippen LogP contribution is -2.49. The van der Waals surface area contributed by atoms with Crippen molar-refractivity contribution in [3.63, 3.8) is 0 Å². The molecule has 0 radical (unpaired) electrons. The van der Waals surface area contributed by atoms with Crippen molar-refractivity contribution in [3.8, 4) is 5.75 Å². The zero-order valence-electron chi connectivity index (χ0n) is 16.6. The van der Waals surface area contributed by atoms with Gasteiger partial charge in [-0.1, -0.05) is 6.07 Å². The maximum atomic E-state index is 12.8. The Morgan fingerprint density at radius 1 is 1.24 bits per heavy atom. The molecule has 3 amide bonds. The van der Waals surface area contributed by atoms with Gasteiger partial charge in [0.1, 0.15) is 11.8 Å². The maximum Gasteiger partial charge on any atom is 0.287 e. The zero-order chi connectivity index (χ0) is 21.2. The van der Waals surface area contributed by atoms with E-state index in [2.05, 4.69) is 10.6 Å². The van der Waals surface area contributed by atoms with Crippen LogP contribution in [0.1, 0.15) is 17.0 Å². The van der Waals surface area contributed by atoms with Gasteiger partial charge in [0, 0.05) is 18.8 Å². The Morgan fingerprint density at radius 3 is 2.69 bits per heavy atom. The highest BCUT2D eigenvalue weighted by molar-refractivity contribution is 7.98. The first-order chi connectivity index (χ1) is 13.9. The van der Waals surface area contributed by atoms with E-state index in [1.54, 1.807) is 49.2 Å². The third-order valence-electron chi connectivity index (χ3n) is 4.07. The molecule has 2 rings (SSSR count). The van der Waals surface area contributed by atoms with E-state index in [0.29, 0.717) is 23.6 Å². The summed E-state index contributed by atoms with van der Waals surface area (Å²) in [5, 5.41) is 5.42. The Balaban J connectivity index is 1.97. The highest BCUT2D eigenvalue weighted by atomic mass is 32.2. The number of carbonyl (C=O) groups excluding carboxylic acids is 3. The fourth-order valence-electron chi connectivity index (χ4n) is 2.59. The molecule has 1 aromatic heterocycles. The standard InChI is InChI=1S/C20H25N3O5S/c1-23(13-18(24)21-14-6-4-7-15(12-14)27-2)20(26)16(9-11-29-3)22-19(25)17-8-5-10-28-17/h4-8,10,12,16H,9,11,13H2,1-3H3,(H,21,24)(H,22,25)/t16-/m1/s1. The summed E-state index contributed by atoms with van der Waals surface area (Å²) in [5.41, 5.74) is 0.570. The number of carbonyl (C=O) groups is 3. The summed E-state index contributed by atoms with van der Waals surface area (Å²) in [6.45, 7) is -0.150. The molecule has 0 aliphatic heterocycles. The quantitative estimate of drug-likeness (QED) is 0.613. The first-order valence-corrected chi connectivity index (χ1v) is 10.4. The summed E-state index contributed by atoms with van der Waals surface area (Å²) >= 11 is 1.57. The highest BCUT2D eigenvalue weighted by Gasteiger charge is 2.26. The predicted octanol–water partition coefficient (Wildman–Crippen LogP) is 2.24. The first kappa shape index (κ1) is 22.4. The summed E-state index contributed by atoms with van der Waals surface area (Å²) < 4.78 is 10.2. The molecule has 0 saturated carbocycles. The Kier molecular flexibility index (Phi) is 8.60. The Bertz CT molecular complexity index is 825. The van der Waals surface area contributed by atoms with E-state index in [0.717, 1.165) is 0 Å². The molecule has 29 heavy (non-hydrogen) atoms. The molecule has 1 heterocycles. The second-order valence-corrected chi connectivity index (χ2v) is 7.24. The maximum absolute atomic E-state index is 12.8. The lowest BCUT2D eigenvalue weighted by molar-refractivity contribution is -0.135. The molecular weight excluding hydrogens is 394 g/mol. The predicted molar refractivity (Wildman–Crippen MR) is 112 cm³/mol. The Hall–Kier alpha value is -2.94. The SMILES string of the molecule is COc1cccc(NC(=O)CN(C)C(=O)[C@@H](CCSC)NC(=O)c2ccco2)c1. The highest BCUT2D eigenvalue weighted by Crippen LogP contribution is 2.16. The normalized spacial score (nSPS) is 11.4. The van der Waals surface area contributed by atoms with Gasteiger partial charge in [0.25, 0.3) is 5.91 Å². The largest absolute Gasteiger partial charge is 0.497 e. The summed E-state index contributed by atoms with van der Waals surface area (Å²) in [5.74, 6) is 0.257. The number of amides is 3. The van der Waals surface area contributed by atoms with Gasteiger partial charge in [0.05, 0.1) is 19.9 Å². The number of anilines is 1. The van der Waals surface area contributed by atoms with Gasteiger partial charge in [-0.3, -0.25) is 14.4 Å². The molecule has 1 atom stereocenters. The molecule has 0 bridgehead atoms. The lowest BCUT2D eigenvalue weighted by Gasteiger charge is -2.24. The number of methoxy groups -OCH3 is 1. The minimum Gasteiger partial charge on any atom is -0.497 e. The summed E-state index contributed by atoms with van der Waals surface area (Å²) in [6.07, 6.45) is 3.75. The minimum absolute atomic E-state index is 0.130. The van der Waals surface area contributed by atoms with Crippen molar-refractivity contribution in [1.29, 1.82) is 0 Å². The van der Waals surface area contributed by atoms with Crippen LogP contribution in [0.25, 0.3) is 0 Å². The zero-order valence-corrected chi connectivity index (χ0v) is 17.5. The van der Waals surface area contributed by atoms with Crippen LogP contribution in [-0.4, -0.2) is 61.4 Å². The van der Waals surface area contributed by atoms with Crippen LogP contribution in [0.4, 0.5) is 5.69 Å². The molecule has 2 aromatic rings. The van der Waals surface area contributed by atoms with Crippen molar-refractivity contribution in [2.45, 2.75) is 12.5 Å². The van der Waals surface area contributed by atoms with Crippen LogP contribution in [0, 0.1) is 0 Å². The number of thioether (sulfide) groups is 1. The van der Waals surface area contributed by atoms with E-state index in [9.17, 15) is 14.4 Å².